The summed E-state index contributed by atoms with van der Waals surface area (Å²) in [6, 6.07) is 4.20. The summed E-state index contributed by atoms with van der Waals surface area (Å²) in [4.78, 5) is 44.2. The first kappa shape index (κ1) is 21.3. The predicted molar refractivity (Wildman–Crippen MR) is 118 cm³/mol. The monoisotopic (exact) mass is 442 g/mol. The lowest BCUT2D eigenvalue weighted by atomic mass is 9.76. The predicted octanol–water partition coefficient (Wildman–Crippen LogP) is 2.37. The lowest BCUT2D eigenvalue weighted by molar-refractivity contribution is -0.144. The van der Waals surface area contributed by atoms with Gasteiger partial charge < -0.3 is 24.4 Å². The first-order chi connectivity index (χ1) is 15.5. The van der Waals surface area contributed by atoms with E-state index in [2.05, 4.69) is 10.2 Å². The van der Waals surface area contributed by atoms with Crippen LogP contribution in [0.5, 0.6) is 0 Å². The van der Waals surface area contributed by atoms with Crippen molar-refractivity contribution in [1.29, 1.82) is 0 Å². The van der Waals surface area contributed by atoms with E-state index < -0.39 is 0 Å². The summed E-state index contributed by atoms with van der Waals surface area (Å²) < 4.78 is 5.51. The largest absolute Gasteiger partial charge is 0.465 e. The van der Waals surface area contributed by atoms with Crippen LogP contribution >= 0.6 is 0 Å². The molecule has 4 aliphatic heterocycles. The lowest BCUT2D eigenvalue weighted by Gasteiger charge is -2.53. The number of carbonyl (C=O) groups is 3. The van der Waals surface area contributed by atoms with Gasteiger partial charge in [0.05, 0.1) is 6.54 Å². The summed E-state index contributed by atoms with van der Waals surface area (Å²) in [5, 5.41) is 2.97. The number of hydrogen-bond acceptors (Lipinski definition) is 4. The SMILES string of the molecule is Cc1ccc(CNC(=O)C2CCN(C(=O)N3CC4CC(C3)[C@H]3CCCC(=O)N3C4)CC2)o1. The minimum atomic E-state index is -0.0577. The minimum Gasteiger partial charge on any atom is -0.465 e. The molecule has 2 unspecified atom stereocenters. The first-order valence-corrected chi connectivity index (χ1v) is 12.1. The summed E-state index contributed by atoms with van der Waals surface area (Å²) in [6.45, 7) is 5.84. The Kier molecular flexibility index (Phi) is 5.86. The molecule has 174 valence electrons. The second-order valence-electron chi connectivity index (χ2n) is 10.0. The Morgan fingerprint density at radius 1 is 1.09 bits per heavy atom. The van der Waals surface area contributed by atoms with E-state index in [1.54, 1.807) is 0 Å². The number of hydrogen-bond donors (Lipinski definition) is 1. The number of aryl methyl sites for hydroxylation is 1. The van der Waals surface area contributed by atoms with Crippen molar-refractivity contribution in [3.63, 3.8) is 0 Å². The maximum Gasteiger partial charge on any atom is 0.320 e. The van der Waals surface area contributed by atoms with Gasteiger partial charge in [0.25, 0.3) is 0 Å². The third-order valence-electron chi connectivity index (χ3n) is 7.82. The van der Waals surface area contributed by atoms with Gasteiger partial charge in [0, 0.05) is 51.1 Å². The molecule has 5 heterocycles. The first-order valence-electron chi connectivity index (χ1n) is 12.1. The van der Waals surface area contributed by atoms with Crippen LogP contribution in [0.25, 0.3) is 0 Å². The molecule has 0 spiro atoms. The molecule has 1 aromatic heterocycles. The Morgan fingerprint density at radius 3 is 2.66 bits per heavy atom. The standard InChI is InChI=1S/C24H34N4O4/c1-16-5-6-20(32-16)12-25-23(30)18-7-9-26(10-8-18)24(31)27-13-17-11-19(15-27)21-3-2-4-22(29)28(21)14-17/h5-6,17-19,21H,2-4,7-15H2,1H3,(H,25,30)/t17?,19?,21-/m1/s1. The molecule has 4 saturated heterocycles. The van der Waals surface area contributed by atoms with Crippen LogP contribution < -0.4 is 5.32 Å². The fourth-order valence-electron chi connectivity index (χ4n) is 6.20. The van der Waals surface area contributed by atoms with E-state index in [9.17, 15) is 14.4 Å². The Labute approximate surface area is 189 Å². The number of likely N-dealkylation sites (tertiary alicyclic amines) is 2. The van der Waals surface area contributed by atoms with Gasteiger partial charge in [-0.25, -0.2) is 4.79 Å². The number of nitrogens with zero attached hydrogens (tertiary/aromatic N) is 3. The highest BCUT2D eigenvalue weighted by Crippen LogP contribution is 2.38. The Balaban J connectivity index is 1.11. The Morgan fingerprint density at radius 2 is 1.91 bits per heavy atom. The van der Waals surface area contributed by atoms with Gasteiger partial charge >= 0.3 is 6.03 Å². The zero-order valence-corrected chi connectivity index (χ0v) is 18.9. The molecule has 32 heavy (non-hydrogen) atoms. The maximum absolute atomic E-state index is 13.3. The normalized spacial score (nSPS) is 28.5. The summed E-state index contributed by atoms with van der Waals surface area (Å²) >= 11 is 0. The highest BCUT2D eigenvalue weighted by molar-refractivity contribution is 5.80. The van der Waals surface area contributed by atoms with Crippen molar-refractivity contribution in [2.45, 2.75) is 58.0 Å². The highest BCUT2D eigenvalue weighted by atomic mass is 16.3. The number of fused-ring (bicyclic) bond motifs is 4. The van der Waals surface area contributed by atoms with Crippen molar-refractivity contribution in [2.75, 3.05) is 32.7 Å². The van der Waals surface area contributed by atoms with Gasteiger partial charge in [0.2, 0.25) is 11.8 Å². The average Bonchev–Trinajstić information content (AvgIpc) is 3.23. The van der Waals surface area contributed by atoms with Crippen molar-refractivity contribution < 1.29 is 18.8 Å². The number of amides is 4. The molecule has 1 N–H and O–H groups in total. The fourth-order valence-corrected chi connectivity index (χ4v) is 6.20. The number of furan rings is 1. The molecule has 8 nitrogen and oxygen atoms in total. The molecule has 0 aromatic carbocycles. The smallest absolute Gasteiger partial charge is 0.320 e. The van der Waals surface area contributed by atoms with Gasteiger partial charge in [-0.15, -0.1) is 0 Å². The van der Waals surface area contributed by atoms with Crippen LogP contribution in [0.3, 0.4) is 0 Å². The molecule has 1 aromatic rings. The van der Waals surface area contributed by atoms with Crippen molar-refractivity contribution in [1.82, 2.24) is 20.0 Å². The molecular formula is C24H34N4O4. The van der Waals surface area contributed by atoms with Crippen LogP contribution in [-0.4, -0.2) is 71.3 Å². The molecule has 0 radical (unpaired) electrons. The average molecular weight is 443 g/mol. The van der Waals surface area contributed by atoms with Crippen LogP contribution in [0.15, 0.2) is 16.5 Å². The fraction of sp³-hybridized carbons (Fsp3) is 0.708. The van der Waals surface area contributed by atoms with E-state index >= 15 is 0 Å². The van der Waals surface area contributed by atoms with Crippen molar-refractivity contribution in [3.05, 3.63) is 23.7 Å². The van der Waals surface area contributed by atoms with E-state index in [-0.39, 0.29) is 17.9 Å². The van der Waals surface area contributed by atoms with Gasteiger partial charge in [0.15, 0.2) is 0 Å². The summed E-state index contributed by atoms with van der Waals surface area (Å²) in [5.41, 5.74) is 0. The van der Waals surface area contributed by atoms with E-state index in [1.165, 1.54) is 0 Å². The van der Waals surface area contributed by atoms with Crippen molar-refractivity contribution >= 4 is 17.8 Å². The van der Waals surface area contributed by atoms with E-state index in [1.807, 2.05) is 28.9 Å². The van der Waals surface area contributed by atoms with Gasteiger partial charge in [-0.05, 0) is 63.0 Å². The maximum atomic E-state index is 13.3. The quantitative estimate of drug-likeness (QED) is 0.779. The zero-order chi connectivity index (χ0) is 22.2. The molecule has 2 bridgehead atoms. The number of piperidine rings is 4. The number of carbonyl (C=O) groups excluding carboxylic acids is 3. The van der Waals surface area contributed by atoms with Crippen molar-refractivity contribution in [3.8, 4) is 0 Å². The van der Waals surface area contributed by atoms with E-state index in [0.29, 0.717) is 62.7 Å². The number of rotatable bonds is 3. The lowest BCUT2D eigenvalue weighted by Crippen LogP contribution is -2.62. The third-order valence-corrected chi connectivity index (χ3v) is 7.82. The molecule has 5 rings (SSSR count). The van der Waals surface area contributed by atoms with Crippen LogP contribution in [0.1, 0.15) is 50.0 Å². The summed E-state index contributed by atoms with van der Waals surface area (Å²) in [5.74, 6) is 2.69. The van der Waals surface area contributed by atoms with Crippen LogP contribution in [0, 0.1) is 24.7 Å². The van der Waals surface area contributed by atoms with Gasteiger partial charge in [-0.3, -0.25) is 9.59 Å². The second kappa shape index (κ2) is 8.79. The van der Waals surface area contributed by atoms with Gasteiger partial charge in [-0.1, -0.05) is 0 Å². The van der Waals surface area contributed by atoms with Gasteiger partial charge in [-0.2, -0.15) is 0 Å². The number of nitrogens with one attached hydrogen (secondary N) is 1. The van der Waals surface area contributed by atoms with Gasteiger partial charge in [0.1, 0.15) is 11.5 Å². The molecule has 3 atom stereocenters. The molecule has 4 amide bonds. The minimum absolute atomic E-state index is 0.0423. The molecular weight excluding hydrogens is 408 g/mol. The number of urea groups is 1. The van der Waals surface area contributed by atoms with E-state index in [4.69, 9.17) is 4.42 Å². The van der Waals surface area contributed by atoms with E-state index in [0.717, 1.165) is 50.4 Å². The molecule has 0 aliphatic carbocycles. The third kappa shape index (κ3) is 4.24. The van der Waals surface area contributed by atoms with Crippen LogP contribution in [0.4, 0.5) is 4.79 Å². The Hall–Kier alpha value is -2.51. The second-order valence-corrected chi connectivity index (χ2v) is 10.0. The molecule has 0 saturated carbocycles. The van der Waals surface area contributed by atoms with Crippen LogP contribution in [0.2, 0.25) is 0 Å². The van der Waals surface area contributed by atoms with Crippen molar-refractivity contribution in [2.24, 2.45) is 17.8 Å². The molecule has 8 heteroatoms. The topological polar surface area (TPSA) is 86.1 Å². The summed E-state index contributed by atoms with van der Waals surface area (Å²) in [6.07, 6.45) is 5.26. The zero-order valence-electron chi connectivity index (χ0n) is 18.9. The van der Waals surface area contributed by atoms with Crippen LogP contribution in [-0.2, 0) is 16.1 Å². The highest BCUT2D eigenvalue weighted by Gasteiger charge is 2.45. The Bertz CT molecular complexity index is 875. The molecule has 4 fully saturated rings. The molecule has 4 aliphatic rings. The summed E-state index contributed by atoms with van der Waals surface area (Å²) in [7, 11) is 0.